The number of hydrogen-bond acceptors (Lipinski definition) is 4. The molecule has 31 heavy (non-hydrogen) atoms. The fourth-order valence-electron chi connectivity index (χ4n) is 5.10. The van der Waals surface area contributed by atoms with E-state index in [4.69, 9.17) is 4.74 Å². The van der Waals surface area contributed by atoms with Gasteiger partial charge in [-0.1, -0.05) is 0 Å². The Labute approximate surface area is 181 Å². The van der Waals surface area contributed by atoms with Crippen molar-refractivity contribution in [3.8, 4) is 0 Å². The molecule has 0 aromatic heterocycles. The zero-order chi connectivity index (χ0) is 21.6. The van der Waals surface area contributed by atoms with Crippen molar-refractivity contribution >= 4 is 17.7 Å². The Morgan fingerprint density at radius 3 is 2.13 bits per heavy atom. The monoisotopic (exact) mass is 429 g/mol. The Morgan fingerprint density at radius 2 is 1.52 bits per heavy atom. The van der Waals surface area contributed by atoms with Gasteiger partial charge in [-0.15, -0.1) is 0 Å². The summed E-state index contributed by atoms with van der Waals surface area (Å²) in [6.45, 7) is 2.56. The van der Waals surface area contributed by atoms with Crippen LogP contribution in [0.1, 0.15) is 48.9 Å². The highest BCUT2D eigenvalue weighted by molar-refractivity contribution is 5.98. The molecule has 3 saturated heterocycles. The third kappa shape index (κ3) is 3.71. The molecule has 5 rings (SSSR count). The molecule has 0 N–H and O–H groups in total. The quantitative estimate of drug-likeness (QED) is 0.737. The molecule has 4 fully saturated rings. The van der Waals surface area contributed by atoms with Crippen molar-refractivity contribution in [2.75, 3.05) is 32.8 Å². The maximum absolute atomic E-state index is 13.6. The largest absolute Gasteiger partial charge is 0.353 e. The summed E-state index contributed by atoms with van der Waals surface area (Å²) >= 11 is 0. The van der Waals surface area contributed by atoms with Crippen LogP contribution in [0, 0.1) is 11.7 Å². The van der Waals surface area contributed by atoms with Crippen molar-refractivity contribution < 1.29 is 23.5 Å². The number of hydrogen-bond donors (Lipinski definition) is 0. The summed E-state index contributed by atoms with van der Waals surface area (Å²) in [5.74, 6) is -0.479. The molecule has 1 spiro atoms. The fraction of sp³-hybridized carbons (Fsp3) is 0.609. The molecule has 166 valence electrons. The molecule has 1 aromatic rings. The van der Waals surface area contributed by atoms with E-state index in [1.165, 1.54) is 24.3 Å². The summed E-state index contributed by atoms with van der Waals surface area (Å²) in [5.41, 5.74) is -0.576. The van der Waals surface area contributed by atoms with E-state index in [0.29, 0.717) is 44.6 Å². The van der Waals surface area contributed by atoms with E-state index in [0.717, 1.165) is 25.7 Å². The molecule has 8 heteroatoms. The van der Waals surface area contributed by atoms with Crippen LogP contribution in [0.25, 0.3) is 0 Å². The maximum Gasteiger partial charge on any atom is 0.256 e. The molecule has 3 heterocycles. The summed E-state index contributed by atoms with van der Waals surface area (Å²) in [4.78, 5) is 44.6. The van der Waals surface area contributed by atoms with Gasteiger partial charge in [0.2, 0.25) is 11.8 Å². The standard InChI is InChI=1S/C23H28FN3O4/c24-18-7-5-17(6-8-18)21(29)27-19(22(30)25-11-1-2-12-25)15-31-23(27)9-13-26(14-10-23)20(28)16-3-4-16/h5-8,16,19H,1-4,9-15H2/t19-/m1/s1. The van der Waals surface area contributed by atoms with Crippen LogP contribution in [0.4, 0.5) is 4.39 Å². The maximum atomic E-state index is 13.6. The Bertz CT molecular complexity index is 871. The van der Waals surface area contributed by atoms with E-state index in [-0.39, 0.29) is 30.2 Å². The molecular formula is C23H28FN3O4. The van der Waals surface area contributed by atoms with E-state index in [2.05, 4.69) is 0 Å². The van der Waals surface area contributed by atoms with E-state index in [1.807, 2.05) is 9.80 Å². The first-order valence-electron chi connectivity index (χ1n) is 11.3. The van der Waals surface area contributed by atoms with Crippen molar-refractivity contribution in [2.45, 2.75) is 50.3 Å². The number of nitrogens with zero attached hydrogens (tertiary/aromatic N) is 3. The normalized spacial score (nSPS) is 25.3. The molecule has 1 aliphatic carbocycles. The summed E-state index contributed by atoms with van der Waals surface area (Å²) in [7, 11) is 0. The van der Waals surface area contributed by atoms with Gasteiger partial charge in [0.15, 0.2) is 0 Å². The average molecular weight is 429 g/mol. The van der Waals surface area contributed by atoms with Crippen molar-refractivity contribution in [2.24, 2.45) is 5.92 Å². The Balaban J connectivity index is 1.41. The fourth-order valence-corrected chi connectivity index (χ4v) is 5.10. The summed E-state index contributed by atoms with van der Waals surface area (Å²) in [5, 5.41) is 0. The second-order valence-corrected chi connectivity index (χ2v) is 9.09. The predicted molar refractivity (Wildman–Crippen MR) is 109 cm³/mol. The van der Waals surface area contributed by atoms with Gasteiger partial charge < -0.3 is 14.5 Å². The van der Waals surface area contributed by atoms with Crippen molar-refractivity contribution in [3.05, 3.63) is 35.6 Å². The van der Waals surface area contributed by atoms with Crippen LogP contribution in [0.3, 0.4) is 0 Å². The smallest absolute Gasteiger partial charge is 0.256 e. The minimum absolute atomic E-state index is 0.0821. The third-order valence-electron chi connectivity index (χ3n) is 7.06. The molecule has 1 saturated carbocycles. The molecule has 0 radical (unpaired) electrons. The lowest BCUT2D eigenvalue weighted by molar-refractivity contribution is -0.146. The highest BCUT2D eigenvalue weighted by Gasteiger charge is 2.55. The second-order valence-electron chi connectivity index (χ2n) is 9.09. The Kier molecular flexibility index (Phi) is 5.20. The van der Waals surface area contributed by atoms with E-state index >= 15 is 0 Å². The van der Waals surface area contributed by atoms with Gasteiger partial charge in [-0.05, 0) is 49.9 Å². The number of piperidine rings is 1. The summed E-state index contributed by atoms with van der Waals surface area (Å²) in [6, 6.07) is 4.72. The SMILES string of the molecule is O=C(C1CC1)N1CCC2(CC1)OC[C@H](C(=O)N1CCCC1)N2C(=O)c1ccc(F)cc1. The van der Waals surface area contributed by atoms with Crippen molar-refractivity contribution in [1.82, 2.24) is 14.7 Å². The van der Waals surface area contributed by atoms with E-state index in [1.54, 1.807) is 4.90 Å². The number of rotatable bonds is 3. The molecule has 3 aliphatic heterocycles. The number of amides is 3. The predicted octanol–water partition coefficient (Wildman–Crippen LogP) is 2.02. The zero-order valence-corrected chi connectivity index (χ0v) is 17.6. The molecule has 1 aromatic carbocycles. The number of benzene rings is 1. The Hall–Kier alpha value is -2.48. The number of halogens is 1. The highest BCUT2D eigenvalue weighted by Crippen LogP contribution is 2.40. The molecule has 4 aliphatic rings. The van der Waals surface area contributed by atoms with Gasteiger partial charge in [0.05, 0.1) is 6.61 Å². The lowest BCUT2D eigenvalue weighted by Crippen LogP contribution is -2.60. The van der Waals surface area contributed by atoms with E-state index < -0.39 is 17.6 Å². The van der Waals surface area contributed by atoms with Gasteiger partial charge >= 0.3 is 0 Å². The van der Waals surface area contributed by atoms with Crippen LogP contribution >= 0.6 is 0 Å². The minimum atomic E-state index is -0.911. The number of ether oxygens (including phenoxy) is 1. The van der Waals surface area contributed by atoms with Crippen LogP contribution < -0.4 is 0 Å². The third-order valence-corrected chi connectivity index (χ3v) is 7.06. The number of carbonyl (C=O) groups excluding carboxylic acids is 3. The first kappa shape index (κ1) is 20.4. The van der Waals surface area contributed by atoms with Gasteiger partial charge in [-0.25, -0.2) is 4.39 Å². The van der Waals surface area contributed by atoms with Crippen LogP contribution in [0.15, 0.2) is 24.3 Å². The zero-order valence-electron chi connectivity index (χ0n) is 17.6. The molecule has 0 bridgehead atoms. The first-order chi connectivity index (χ1) is 15.0. The van der Waals surface area contributed by atoms with Crippen molar-refractivity contribution in [1.29, 1.82) is 0 Å². The van der Waals surface area contributed by atoms with E-state index in [9.17, 15) is 18.8 Å². The van der Waals surface area contributed by atoms with Gasteiger partial charge in [0, 0.05) is 50.5 Å². The highest BCUT2D eigenvalue weighted by atomic mass is 19.1. The number of likely N-dealkylation sites (tertiary alicyclic amines) is 2. The van der Waals surface area contributed by atoms with Crippen molar-refractivity contribution in [3.63, 3.8) is 0 Å². The summed E-state index contributed by atoms with van der Waals surface area (Å²) in [6.07, 6.45) is 4.80. The second kappa shape index (κ2) is 7.89. The molecular weight excluding hydrogens is 401 g/mol. The first-order valence-corrected chi connectivity index (χ1v) is 11.3. The molecule has 7 nitrogen and oxygen atoms in total. The number of carbonyl (C=O) groups is 3. The van der Waals surface area contributed by atoms with Crippen LogP contribution in [-0.4, -0.2) is 77.0 Å². The van der Waals surface area contributed by atoms with Gasteiger partial charge in [-0.2, -0.15) is 0 Å². The van der Waals surface area contributed by atoms with Gasteiger partial charge in [0.25, 0.3) is 5.91 Å². The summed E-state index contributed by atoms with van der Waals surface area (Å²) < 4.78 is 19.6. The molecule has 0 unspecified atom stereocenters. The van der Waals surface area contributed by atoms with Crippen LogP contribution in [0.5, 0.6) is 0 Å². The lowest BCUT2D eigenvalue weighted by Gasteiger charge is -2.45. The molecule has 3 amide bonds. The average Bonchev–Trinajstić information content (AvgIpc) is 3.36. The Morgan fingerprint density at radius 1 is 0.903 bits per heavy atom. The molecule has 1 atom stereocenters. The van der Waals surface area contributed by atoms with Gasteiger partial charge in [0.1, 0.15) is 17.6 Å². The minimum Gasteiger partial charge on any atom is -0.353 e. The van der Waals surface area contributed by atoms with Crippen LogP contribution in [-0.2, 0) is 14.3 Å². The van der Waals surface area contributed by atoms with Crippen LogP contribution in [0.2, 0.25) is 0 Å². The van der Waals surface area contributed by atoms with Gasteiger partial charge in [-0.3, -0.25) is 19.3 Å². The lowest BCUT2D eigenvalue weighted by atomic mass is 9.96. The topological polar surface area (TPSA) is 70.2 Å².